The zero-order chi connectivity index (χ0) is 20.8. The molecule has 0 aromatic heterocycles. The Kier molecular flexibility index (Phi) is 11.2. The number of benzene rings is 1. The third-order valence-electron chi connectivity index (χ3n) is 5.43. The summed E-state index contributed by atoms with van der Waals surface area (Å²) in [6.45, 7) is 4.07. The summed E-state index contributed by atoms with van der Waals surface area (Å²) < 4.78 is 10.8. The molecule has 0 saturated carbocycles. The molecule has 1 heterocycles. The van der Waals surface area contributed by atoms with Gasteiger partial charge in [0.2, 0.25) is 0 Å². The van der Waals surface area contributed by atoms with Crippen LogP contribution in [0.4, 0.5) is 0 Å². The SMILES string of the molecule is CCCCCCCCOC(=O)CCSc1cccc(C2(C=NO)CCOCC2)c1. The normalized spacial score (nSPS) is 16.2. The van der Waals surface area contributed by atoms with E-state index in [1.54, 1.807) is 18.0 Å². The van der Waals surface area contributed by atoms with Crippen LogP contribution < -0.4 is 0 Å². The van der Waals surface area contributed by atoms with Gasteiger partial charge in [-0.3, -0.25) is 4.79 Å². The first kappa shape index (κ1) is 23.7. The van der Waals surface area contributed by atoms with Crippen molar-refractivity contribution in [3.63, 3.8) is 0 Å². The van der Waals surface area contributed by atoms with Crippen LogP contribution in [0.3, 0.4) is 0 Å². The fourth-order valence-electron chi connectivity index (χ4n) is 3.63. The monoisotopic (exact) mass is 421 g/mol. The maximum atomic E-state index is 11.9. The summed E-state index contributed by atoms with van der Waals surface area (Å²) >= 11 is 1.66. The molecule has 1 aromatic carbocycles. The molecule has 1 fully saturated rings. The third-order valence-corrected chi connectivity index (χ3v) is 6.43. The molecule has 6 heteroatoms. The molecular formula is C23H35NO4S. The molecule has 0 aliphatic carbocycles. The van der Waals surface area contributed by atoms with Crippen molar-refractivity contribution < 1.29 is 19.5 Å². The highest BCUT2D eigenvalue weighted by Gasteiger charge is 2.33. The van der Waals surface area contributed by atoms with Crippen LogP contribution in [0.5, 0.6) is 0 Å². The summed E-state index contributed by atoms with van der Waals surface area (Å²) in [5.41, 5.74) is 0.855. The van der Waals surface area contributed by atoms with Crippen LogP contribution in [-0.2, 0) is 19.7 Å². The Morgan fingerprint density at radius 2 is 2.00 bits per heavy atom. The van der Waals surface area contributed by atoms with E-state index in [1.807, 2.05) is 6.07 Å². The van der Waals surface area contributed by atoms with E-state index in [9.17, 15) is 4.79 Å². The maximum Gasteiger partial charge on any atom is 0.306 e. The van der Waals surface area contributed by atoms with Crippen molar-refractivity contribution in [1.29, 1.82) is 0 Å². The number of carbonyl (C=O) groups is 1. The van der Waals surface area contributed by atoms with Crippen LogP contribution in [0.15, 0.2) is 34.3 Å². The van der Waals surface area contributed by atoms with Gasteiger partial charge < -0.3 is 14.7 Å². The fraction of sp³-hybridized carbons (Fsp3) is 0.652. The fourth-order valence-corrected chi connectivity index (χ4v) is 4.52. The van der Waals surface area contributed by atoms with E-state index in [0.29, 0.717) is 32.0 Å². The lowest BCUT2D eigenvalue weighted by Gasteiger charge is -2.34. The van der Waals surface area contributed by atoms with Crippen molar-refractivity contribution in [1.82, 2.24) is 0 Å². The number of carbonyl (C=O) groups excluding carboxylic acids is 1. The summed E-state index contributed by atoms with van der Waals surface area (Å²) in [4.78, 5) is 13.0. The molecule has 0 amide bonds. The van der Waals surface area contributed by atoms with Gasteiger partial charge in [-0.1, -0.05) is 51.2 Å². The van der Waals surface area contributed by atoms with Crippen LogP contribution in [0.1, 0.15) is 70.3 Å². The minimum atomic E-state index is -0.278. The molecule has 29 heavy (non-hydrogen) atoms. The standard InChI is InChI=1S/C23H35NO4S/c1-2-3-4-5-6-7-14-28-22(25)11-17-29-21-10-8-9-20(18-21)23(19-24-26)12-15-27-16-13-23/h8-10,18-19,26H,2-7,11-17H2,1H3. The molecule has 162 valence electrons. The third kappa shape index (κ3) is 8.39. The maximum absolute atomic E-state index is 11.9. The predicted octanol–water partition coefficient (Wildman–Crippen LogP) is 5.58. The van der Waals surface area contributed by atoms with Crippen LogP contribution in [0.2, 0.25) is 0 Å². The van der Waals surface area contributed by atoms with E-state index < -0.39 is 0 Å². The second kappa shape index (κ2) is 13.6. The van der Waals surface area contributed by atoms with Gasteiger partial charge in [-0.25, -0.2) is 0 Å². The van der Waals surface area contributed by atoms with E-state index in [4.69, 9.17) is 14.7 Å². The van der Waals surface area contributed by atoms with Gasteiger partial charge in [-0.2, -0.15) is 0 Å². The first-order chi connectivity index (χ1) is 14.2. The molecule has 1 N–H and O–H groups in total. The molecule has 1 saturated heterocycles. The Morgan fingerprint density at radius 3 is 2.76 bits per heavy atom. The minimum Gasteiger partial charge on any atom is -0.466 e. The van der Waals surface area contributed by atoms with Crippen LogP contribution in [-0.4, -0.2) is 43.0 Å². The van der Waals surface area contributed by atoms with Crippen molar-refractivity contribution >= 4 is 23.9 Å². The largest absolute Gasteiger partial charge is 0.466 e. The van der Waals surface area contributed by atoms with E-state index in [1.165, 1.54) is 25.7 Å². The van der Waals surface area contributed by atoms with E-state index >= 15 is 0 Å². The first-order valence-electron chi connectivity index (χ1n) is 10.9. The van der Waals surface area contributed by atoms with E-state index in [2.05, 4.69) is 30.3 Å². The molecule has 1 aliphatic heterocycles. The lowest BCUT2D eigenvalue weighted by Crippen LogP contribution is -2.35. The van der Waals surface area contributed by atoms with Crippen molar-refractivity contribution in [2.45, 2.75) is 75.0 Å². The van der Waals surface area contributed by atoms with Crippen LogP contribution >= 0.6 is 11.8 Å². The number of nitrogens with zero attached hydrogens (tertiary/aromatic N) is 1. The number of esters is 1. The highest BCUT2D eigenvalue weighted by Crippen LogP contribution is 2.35. The number of oxime groups is 1. The van der Waals surface area contributed by atoms with Crippen molar-refractivity contribution in [2.24, 2.45) is 5.16 Å². The number of hydrogen-bond acceptors (Lipinski definition) is 6. The van der Waals surface area contributed by atoms with Gasteiger partial charge in [-0.05, 0) is 37.0 Å². The average Bonchev–Trinajstić information content (AvgIpc) is 2.74. The van der Waals surface area contributed by atoms with Gasteiger partial charge >= 0.3 is 5.97 Å². The van der Waals surface area contributed by atoms with Crippen LogP contribution in [0.25, 0.3) is 0 Å². The second-order valence-corrected chi connectivity index (χ2v) is 8.80. The Bertz CT molecular complexity index is 629. The number of rotatable bonds is 13. The molecule has 5 nitrogen and oxygen atoms in total. The summed E-state index contributed by atoms with van der Waals surface area (Å²) in [5, 5.41) is 12.5. The summed E-state index contributed by atoms with van der Waals surface area (Å²) in [5.74, 6) is 0.582. The second-order valence-electron chi connectivity index (χ2n) is 7.63. The van der Waals surface area contributed by atoms with Crippen LogP contribution in [0, 0.1) is 0 Å². The summed E-state index contributed by atoms with van der Waals surface area (Å²) in [6, 6.07) is 8.29. The van der Waals surface area contributed by atoms with Crippen molar-refractivity contribution in [3.05, 3.63) is 29.8 Å². The Balaban J connectivity index is 1.73. The predicted molar refractivity (Wildman–Crippen MR) is 118 cm³/mol. The number of ether oxygens (including phenoxy) is 2. The minimum absolute atomic E-state index is 0.115. The number of hydrogen-bond donors (Lipinski definition) is 1. The Morgan fingerprint density at radius 1 is 1.24 bits per heavy atom. The first-order valence-corrected chi connectivity index (χ1v) is 11.8. The van der Waals surface area contributed by atoms with Gasteiger partial charge in [-0.15, -0.1) is 16.9 Å². The van der Waals surface area contributed by atoms with E-state index in [0.717, 1.165) is 36.1 Å². The van der Waals surface area contributed by atoms with Gasteiger partial charge in [0, 0.05) is 29.3 Å². The quantitative estimate of drug-likeness (QED) is 0.112. The van der Waals surface area contributed by atoms with Crippen molar-refractivity contribution in [3.8, 4) is 0 Å². The number of unbranched alkanes of at least 4 members (excludes halogenated alkanes) is 5. The molecule has 0 spiro atoms. The van der Waals surface area contributed by atoms with Gasteiger partial charge in [0.05, 0.1) is 19.2 Å². The van der Waals surface area contributed by atoms with E-state index in [-0.39, 0.29) is 11.4 Å². The number of thioether (sulfide) groups is 1. The van der Waals surface area contributed by atoms with Gasteiger partial charge in [0.25, 0.3) is 0 Å². The molecule has 0 radical (unpaired) electrons. The molecule has 2 rings (SSSR count). The molecular weight excluding hydrogens is 386 g/mol. The molecule has 1 aromatic rings. The summed E-state index contributed by atoms with van der Waals surface area (Å²) in [7, 11) is 0. The molecule has 0 unspecified atom stereocenters. The Hall–Kier alpha value is -1.53. The zero-order valence-electron chi connectivity index (χ0n) is 17.6. The lowest BCUT2D eigenvalue weighted by atomic mass is 9.75. The molecule has 1 aliphatic rings. The lowest BCUT2D eigenvalue weighted by molar-refractivity contribution is -0.143. The van der Waals surface area contributed by atoms with Gasteiger partial charge in [0.15, 0.2) is 0 Å². The average molecular weight is 422 g/mol. The van der Waals surface area contributed by atoms with Crippen molar-refractivity contribution in [2.75, 3.05) is 25.6 Å². The highest BCUT2D eigenvalue weighted by atomic mass is 32.2. The van der Waals surface area contributed by atoms with Gasteiger partial charge in [0.1, 0.15) is 0 Å². The molecule has 0 atom stereocenters. The smallest absolute Gasteiger partial charge is 0.306 e. The zero-order valence-corrected chi connectivity index (χ0v) is 18.4. The molecule has 0 bridgehead atoms. The topological polar surface area (TPSA) is 68.1 Å². The Labute approximate surface area is 179 Å². The highest BCUT2D eigenvalue weighted by molar-refractivity contribution is 7.99. The summed E-state index contributed by atoms with van der Waals surface area (Å²) in [6.07, 6.45) is 10.8.